The minimum absolute atomic E-state index is 0.0562. The minimum atomic E-state index is -0.356. The second-order valence-corrected chi connectivity index (χ2v) is 5.46. The van der Waals surface area contributed by atoms with E-state index in [1.165, 1.54) is 0 Å². The molecule has 3 N–H and O–H groups in total. The van der Waals surface area contributed by atoms with Crippen LogP contribution in [0.1, 0.15) is 30.1 Å². The fourth-order valence-corrected chi connectivity index (χ4v) is 2.42. The standard InChI is InChI=1S/C16H23N3O3/c1-2-22-16(21)12-3-5-14(6-4-12)18-15(20)11-19-9-7-13(17)8-10-19/h3-6,13H,2,7-11,17H2,1H3,(H,18,20). The number of carbonyl (C=O) groups excluding carboxylic acids is 2. The summed E-state index contributed by atoms with van der Waals surface area (Å²) < 4.78 is 4.91. The number of benzene rings is 1. The van der Waals surface area contributed by atoms with Gasteiger partial charge in [-0.15, -0.1) is 0 Å². The van der Waals surface area contributed by atoms with Crippen LogP contribution in [0.3, 0.4) is 0 Å². The van der Waals surface area contributed by atoms with Crippen molar-refractivity contribution < 1.29 is 14.3 Å². The minimum Gasteiger partial charge on any atom is -0.462 e. The molecule has 6 heteroatoms. The van der Waals surface area contributed by atoms with Crippen molar-refractivity contribution in [2.45, 2.75) is 25.8 Å². The highest BCUT2D eigenvalue weighted by atomic mass is 16.5. The molecule has 1 saturated heterocycles. The summed E-state index contributed by atoms with van der Waals surface area (Å²) in [5.41, 5.74) is 7.00. The number of carbonyl (C=O) groups is 2. The Bertz CT molecular complexity index is 508. The lowest BCUT2D eigenvalue weighted by Gasteiger charge is -2.29. The summed E-state index contributed by atoms with van der Waals surface area (Å²) in [6, 6.07) is 6.96. The van der Waals surface area contributed by atoms with Crippen LogP contribution in [0.25, 0.3) is 0 Å². The van der Waals surface area contributed by atoms with Crippen molar-refractivity contribution in [1.29, 1.82) is 0 Å². The van der Waals surface area contributed by atoms with Gasteiger partial charge in [0.15, 0.2) is 0 Å². The van der Waals surface area contributed by atoms with Crippen molar-refractivity contribution in [3.63, 3.8) is 0 Å². The van der Waals surface area contributed by atoms with Gasteiger partial charge in [0.1, 0.15) is 0 Å². The largest absolute Gasteiger partial charge is 0.462 e. The molecule has 6 nitrogen and oxygen atoms in total. The number of nitrogens with one attached hydrogen (secondary N) is 1. The first-order chi connectivity index (χ1) is 10.6. The molecule has 0 radical (unpaired) electrons. The lowest BCUT2D eigenvalue weighted by atomic mass is 10.1. The van der Waals surface area contributed by atoms with Crippen molar-refractivity contribution in [3.8, 4) is 0 Å². The lowest BCUT2D eigenvalue weighted by molar-refractivity contribution is -0.117. The predicted octanol–water partition coefficient (Wildman–Crippen LogP) is 1.22. The monoisotopic (exact) mass is 305 g/mol. The zero-order valence-corrected chi connectivity index (χ0v) is 12.9. The SMILES string of the molecule is CCOC(=O)c1ccc(NC(=O)CN2CCC(N)CC2)cc1. The highest BCUT2D eigenvalue weighted by molar-refractivity contribution is 5.94. The first kappa shape index (κ1) is 16.5. The van der Waals surface area contributed by atoms with E-state index in [2.05, 4.69) is 10.2 Å². The van der Waals surface area contributed by atoms with Gasteiger partial charge in [0.2, 0.25) is 5.91 Å². The first-order valence-electron chi connectivity index (χ1n) is 7.63. The average Bonchev–Trinajstić information content (AvgIpc) is 2.50. The molecule has 0 aromatic heterocycles. The smallest absolute Gasteiger partial charge is 0.338 e. The Balaban J connectivity index is 1.82. The number of anilines is 1. The summed E-state index contributed by atoms with van der Waals surface area (Å²) in [5.74, 6) is -0.413. The highest BCUT2D eigenvalue weighted by Crippen LogP contribution is 2.12. The zero-order valence-electron chi connectivity index (χ0n) is 12.9. The van der Waals surface area contributed by atoms with Crippen LogP contribution in [0.5, 0.6) is 0 Å². The summed E-state index contributed by atoms with van der Waals surface area (Å²) in [5, 5.41) is 2.83. The number of hydrogen-bond acceptors (Lipinski definition) is 5. The third-order valence-corrected chi connectivity index (χ3v) is 3.68. The van der Waals surface area contributed by atoms with Gasteiger partial charge in [-0.3, -0.25) is 9.69 Å². The Morgan fingerprint density at radius 1 is 1.27 bits per heavy atom. The number of ether oxygens (including phenoxy) is 1. The molecule has 0 spiro atoms. The number of nitrogens with zero attached hydrogens (tertiary/aromatic N) is 1. The molecule has 0 saturated carbocycles. The zero-order chi connectivity index (χ0) is 15.9. The van der Waals surface area contributed by atoms with E-state index in [1.807, 2.05) is 0 Å². The molecule has 1 heterocycles. The summed E-state index contributed by atoms with van der Waals surface area (Å²) in [7, 11) is 0. The second kappa shape index (κ2) is 7.91. The van der Waals surface area contributed by atoms with Gasteiger partial charge < -0.3 is 15.8 Å². The van der Waals surface area contributed by atoms with Crippen LogP contribution in [-0.4, -0.2) is 49.1 Å². The van der Waals surface area contributed by atoms with E-state index in [0.717, 1.165) is 25.9 Å². The molecule has 1 fully saturated rings. The van der Waals surface area contributed by atoms with Gasteiger partial charge in [0.25, 0.3) is 0 Å². The Morgan fingerprint density at radius 2 is 1.91 bits per heavy atom. The molecule has 22 heavy (non-hydrogen) atoms. The molecule has 0 bridgehead atoms. The molecule has 1 aliphatic heterocycles. The fourth-order valence-electron chi connectivity index (χ4n) is 2.42. The van der Waals surface area contributed by atoms with E-state index >= 15 is 0 Å². The van der Waals surface area contributed by atoms with Crippen molar-refractivity contribution in [1.82, 2.24) is 4.90 Å². The Morgan fingerprint density at radius 3 is 2.50 bits per heavy atom. The summed E-state index contributed by atoms with van der Waals surface area (Å²) >= 11 is 0. The van der Waals surface area contributed by atoms with Crippen LogP contribution in [0, 0.1) is 0 Å². The molecule has 0 atom stereocenters. The van der Waals surface area contributed by atoms with E-state index < -0.39 is 0 Å². The molecular weight excluding hydrogens is 282 g/mol. The van der Waals surface area contributed by atoms with E-state index in [1.54, 1.807) is 31.2 Å². The molecule has 1 amide bonds. The highest BCUT2D eigenvalue weighted by Gasteiger charge is 2.18. The lowest BCUT2D eigenvalue weighted by Crippen LogP contribution is -2.43. The Hall–Kier alpha value is -1.92. The molecule has 0 aliphatic carbocycles. The van der Waals surface area contributed by atoms with Gasteiger partial charge in [-0.05, 0) is 44.0 Å². The quantitative estimate of drug-likeness (QED) is 0.799. The number of piperidine rings is 1. The van der Waals surface area contributed by atoms with Crippen LogP contribution >= 0.6 is 0 Å². The van der Waals surface area contributed by atoms with Crippen molar-refractivity contribution in [2.75, 3.05) is 31.6 Å². The predicted molar refractivity (Wildman–Crippen MR) is 84.7 cm³/mol. The molecule has 1 aliphatic rings. The third kappa shape index (κ3) is 4.82. The molecule has 1 aromatic carbocycles. The topological polar surface area (TPSA) is 84.7 Å². The molecule has 2 rings (SSSR count). The van der Waals surface area contributed by atoms with Gasteiger partial charge in [-0.1, -0.05) is 0 Å². The van der Waals surface area contributed by atoms with E-state index in [0.29, 0.717) is 24.4 Å². The number of hydrogen-bond donors (Lipinski definition) is 2. The second-order valence-electron chi connectivity index (χ2n) is 5.46. The maximum atomic E-state index is 12.0. The fraction of sp³-hybridized carbons (Fsp3) is 0.500. The number of amides is 1. The van der Waals surface area contributed by atoms with Crippen LogP contribution < -0.4 is 11.1 Å². The number of nitrogens with two attached hydrogens (primary N) is 1. The van der Waals surface area contributed by atoms with Crippen LogP contribution in [0.4, 0.5) is 5.69 Å². The average molecular weight is 305 g/mol. The normalized spacial score (nSPS) is 16.3. The van der Waals surface area contributed by atoms with Gasteiger partial charge in [0, 0.05) is 24.8 Å². The molecule has 120 valence electrons. The van der Waals surface area contributed by atoms with Gasteiger partial charge in [-0.2, -0.15) is 0 Å². The maximum absolute atomic E-state index is 12.0. The summed E-state index contributed by atoms with van der Waals surface area (Å²) in [6.07, 6.45) is 1.86. The molecule has 0 unspecified atom stereocenters. The number of likely N-dealkylation sites (tertiary alicyclic amines) is 1. The van der Waals surface area contributed by atoms with Crippen molar-refractivity contribution in [2.24, 2.45) is 5.73 Å². The van der Waals surface area contributed by atoms with E-state index in [4.69, 9.17) is 10.5 Å². The Labute approximate surface area is 130 Å². The maximum Gasteiger partial charge on any atom is 0.338 e. The van der Waals surface area contributed by atoms with Crippen molar-refractivity contribution in [3.05, 3.63) is 29.8 Å². The van der Waals surface area contributed by atoms with Gasteiger partial charge in [-0.25, -0.2) is 4.79 Å². The van der Waals surface area contributed by atoms with Gasteiger partial charge >= 0.3 is 5.97 Å². The first-order valence-corrected chi connectivity index (χ1v) is 7.63. The van der Waals surface area contributed by atoms with Crippen LogP contribution in [0.2, 0.25) is 0 Å². The van der Waals surface area contributed by atoms with Gasteiger partial charge in [0.05, 0.1) is 18.7 Å². The van der Waals surface area contributed by atoms with Crippen LogP contribution in [0.15, 0.2) is 24.3 Å². The summed E-state index contributed by atoms with van der Waals surface area (Å²) in [6.45, 7) is 4.19. The number of esters is 1. The summed E-state index contributed by atoms with van der Waals surface area (Å²) in [4.78, 5) is 25.7. The van der Waals surface area contributed by atoms with Crippen LogP contribution in [-0.2, 0) is 9.53 Å². The van der Waals surface area contributed by atoms with Crippen molar-refractivity contribution >= 4 is 17.6 Å². The third-order valence-electron chi connectivity index (χ3n) is 3.68. The molecule has 1 aromatic rings. The van der Waals surface area contributed by atoms with E-state index in [9.17, 15) is 9.59 Å². The molecular formula is C16H23N3O3. The Kier molecular flexibility index (Phi) is 5.91. The number of rotatable bonds is 5. The van der Waals surface area contributed by atoms with E-state index in [-0.39, 0.29) is 17.9 Å².